The molecule has 1 aliphatic rings. The van der Waals surface area contributed by atoms with Crippen molar-refractivity contribution >= 4 is 26.5 Å². The van der Waals surface area contributed by atoms with E-state index in [0.717, 1.165) is 27.8 Å². The van der Waals surface area contributed by atoms with Gasteiger partial charge < -0.3 is 4.98 Å². The van der Waals surface area contributed by atoms with Crippen LogP contribution in [0.1, 0.15) is 11.1 Å². The van der Waals surface area contributed by atoms with Crippen LogP contribution in [0.15, 0.2) is 47.3 Å². The molecule has 0 unspecified atom stereocenters. The summed E-state index contributed by atoms with van der Waals surface area (Å²) in [5.41, 5.74) is 4.15. The molecule has 1 aromatic heterocycles. The minimum Gasteiger partial charge on any atom is -0.321 e. The molecule has 4 rings (SSSR count). The number of hydrogen-bond donors (Lipinski definition) is 2. The summed E-state index contributed by atoms with van der Waals surface area (Å²) >= 11 is 0. The molecule has 0 amide bonds. The average Bonchev–Trinajstić information content (AvgIpc) is 2.92. The fourth-order valence-corrected chi connectivity index (χ4v) is 4.75. The van der Waals surface area contributed by atoms with Crippen LogP contribution >= 0.6 is 0 Å². The molecular weight excluding hydrogens is 350 g/mol. The van der Waals surface area contributed by atoms with Crippen molar-refractivity contribution in [3.63, 3.8) is 0 Å². The van der Waals surface area contributed by atoms with Crippen LogP contribution in [0.5, 0.6) is 0 Å². The average molecular weight is 369 g/mol. The molecular formula is C19H19N3O3S. The fourth-order valence-electron chi connectivity index (χ4n) is 3.52. The lowest BCUT2D eigenvalue weighted by molar-refractivity contribution is 0.463. The molecule has 7 heteroatoms. The zero-order chi connectivity index (χ0) is 18.5. The molecule has 2 aromatic carbocycles. The first-order valence-electron chi connectivity index (χ1n) is 8.26. The first-order chi connectivity index (χ1) is 12.3. The van der Waals surface area contributed by atoms with Gasteiger partial charge in [-0.05, 0) is 48.8 Å². The van der Waals surface area contributed by atoms with Crippen molar-refractivity contribution in [3.8, 4) is 11.3 Å². The molecule has 0 saturated heterocycles. The Morgan fingerprint density at radius 2 is 1.85 bits per heavy atom. The van der Waals surface area contributed by atoms with Gasteiger partial charge in [-0.25, -0.2) is 8.42 Å². The number of anilines is 1. The van der Waals surface area contributed by atoms with E-state index in [0.29, 0.717) is 17.5 Å². The molecule has 1 aliphatic carbocycles. The van der Waals surface area contributed by atoms with Crippen molar-refractivity contribution in [2.24, 2.45) is 0 Å². The van der Waals surface area contributed by atoms with E-state index in [1.54, 1.807) is 31.1 Å². The maximum Gasteiger partial charge on any atom is 0.256 e. The highest BCUT2D eigenvalue weighted by atomic mass is 32.2. The molecule has 0 bridgehead atoms. The van der Waals surface area contributed by atoms with Gasteiger partial charge in [0.1, 0.15) is 5.88 Å². The molecule has 26 heavy (non-hydrogen) atoms. The third kappa shape index (κ3) is 2.89. The molecule has 1 heterocycles. The third-order valence-electron chi connectivity index (χ3n) is 4.49. The summed E-state index contributed by atoms with van der Waals surface area (Å²) in [7, 11) is -0.0627. The number of H-pyrrole nitrogens is 1. The van der Waals surface area contributed by atoms with Gasteiger partial charge in [-0.3, -0.25) is 14.4 Å². The second-order valence-electron chi connectivity index (χ2n) is 6.83. The molecule has 0 atom stereocenters. The number of hydrogen-bond acceptors (Lipinski definition) is 4. The summed E-state index contributed by atoms with van der Waals surface area (Å²) < 4.78 is 26.9. The predicted octanol–water partition coefficient (Wildman–Crippen LogP) is 2.36. The molecule has 0 radical (unpaired) electrons. The van der Waals surface area contributed by atoms with Crippen LogP contribution in [0, 0.1) is 0 Å². The first kappa shape index (κ1) is 16.8. The molecule has 0 spiro atoms. The maximum absolute atomic E-state index is 12.4. The number of aromatic amines is 1. The quantitative estimate of drug-likeness (QED) is 0.579. The number of nitrogens with zero attached hydrogens (tertiary/aromatic N) is 1. The number of nitrogens with one attached hydrogen (secondary N) is 2. The summed E-state index contributed by atoms with van der Waals surface area (Å²) in [6.45, 7) is 0. The van der Waals surface area contributed by atoms with Crippen molar-refractivity contribution in [1.82, 2.24) is 9.88 Å². The number of benzene rings is 2. The lowest BCUT2D eigenvalue weighted by atomic mass is 10.0. The zero-order valence-corrected chi connectivity index (χ0v) is 15.4. The smallest absolute Gasteiger partial charge is 0.256 e. The molecule has 134 valence electrons. The van der Waals surface area contributed by atoms with Crippen LogP contribution in [0.25, 0.3) is 22.0 Å². The van der Waals surface area contributed by atoms with Crippen LogP contribution in [0.2, 0.25) is 0 Å². The standard InChI is InChI=1S/C19H19N3O3S/c1-22(2)11-26(24,25)21-13-8-7-12-9-17-14-5-3-4-6-15(14)19(23)20-18(17)16(12)10-13/h3-8,10,21H,9,11H2,1-2H3,(H,20,23). The molecule has 0 fully saturated rings. The maximum atomic E-state index is 12.4. The van der Waals surface area contributed by atoms with Crippen LogP contribution in [0.4, 0.5) is 5.69 Å². The lowest BCUT2D eigenvalue weighted by Crippen LogP contribution is -2.27. The van der Waals surface area contributed by atoms with Crippen molar-refractivity contribution in [1.29, 1.82) is 0 Å². The topological polar surface area (TPSA) is 82.3 Å². The molecule has 6 nitrogen and oxygen atoms in total. The Kier molecular flexibility index (Phi) is 3.86. The Hall–Kier alpha value is -2.64. The van der Waals surface area contributed by atoms with Crippen molar-refractivity contribution in [2.45, 2.75) is 6.42 Å². The Morgan fingerprint density at radius 3 is 2.58 bits per heavy atom. The predicted molar refractivity (Wildman–Crippen MR) is 104 cm³/mol. The van der Waals surface area contributed by atoms with Crippen LogP contribution < -0.4 is 10.3 Å². The van der Waals surface area contributed by atoms with E-state index in [9.17, 15) is 13.2 Å². The van der Waals surface area contributed by atoms with Gasteiger partial charge in [0.25, 0.3) is 5.56 Å². The number of aromatic nitrogens is 1. The van der Waals surface area contributed by atoms with Crippen LogP contribution in [0.3, 0.4) is 0 Å². The Labute approximate surface area is 151 Å². The van der Waals surface area contributed by atoms with Crippen LogP contribution in [-0.2, 0) is 16.4 Å². The van der Waals surface area contributed by atoms with E-state index in [1.807, 2.05) is 30.3 Å². The van der Waals surface area contributed by atoms with Gasteiger partial charge >= 0.3 is 0 Å². The van der Waals surface area contributed by atoms with Gasteiger partial charge in [0.15, 0.2) is 0 Å². The highest BCUT2D eigenvalue weighted by molar-refractivity contribution is 7.92. The molecule has 3 aromatic rings. The van der Waals surface area contributed by atoms with Crippen molar-refractivity contribution < 1.29 is 8.42 Å². The number of fused-ring (bicyclic) bond motifs is 5. The summed E-state index contributed by atoms with van der Waals surface area (Å²) in [5.74, 6) is -0.0951. The Balaban J connectivity index is 1.80. The highest BCUT2D eigenvalue weighted by Crippen LogP contribution is 2.39. The molecule has 0 saturated carbocycles. The summed E-state index contributed by atoms with van der Waals surface area (Å²) in [6, 6.07) is 13.0. The van der Waals surface area contributed by atoms with E-state index in [4.69, 9.17) is 0 Å². The van der Waals surface area contributed by atoms with Gasteiger partial charge in [0.05, 0.1) is 5.69 Å². The van der Waals surface area contributed by atoms with Gasteiger partial charge in [-0.2, -0.15) is 0 Å². The SMILES string of the molecule is CN(C)CS(=O)(=O)Nc1ccc2c(c1)-c1[nH]c(=O)c3ccccc3c1C2. The van der Waals surface area contributed by atoms with E-state index in [-0.39, 0.29) is 11.4 Å². The summed E-state index contributed by atoms with van der Waals surface area (Å²) in [6.07, 6.45) is 0.715. The van der Waals surface area contributed by atoms with Crippen molar-refractivity contribution in [3.05, 3.63) is 63.9 Å². The molecule has 2 N–H and O–H groups in total. The third-order valence-corrected chi connectivity index (χ3v) is 5.89. The van der Waals surface area contributed by atoms with Crippen LogP contribution in [-0.4, -0.2) is 38.3 Å². The van der Waals surface area contributed by atoms with E-state index < -0.39 is 10.0 Å². The van der Waals surface area contributed by atoms with Gasteiger partial charge in [0.2, 0.25) is 10.0 Å². The van der Waals surface area contributed by atoms with E-state index >= 15 is 0 Å². The van der Waals surface area contributed by atoms with E-state index in [1.165, 1.54) is 0 Å². The number of rotatable bonds is 4. The molecule has 0 aliphatic heterocycles. The normalized spacial score (nSPS) is 13.0. The second-order valence-corrected chi connectivity index (χ2v) is 8.52. The van der Waals surface area contributed by atoms with Gasteiger partial charge in [0, 0.05) is 23.1 Å². The lowest BCUT2D eigenvalue weighted by Gasteiger charge is -2.13. The largest absolute Gasteiger partial charge is 0.321 e. The summed E-state index contributed by atoms with van der Waals surface area (Å²) in [4.78, 5) is 17.0. The minimum atomic E-state index is -3.47. The number of pyridine rings is 1. The minimum absolute atomic E-state index is 0.0951. The zero-order valence-electron chi connectivity index (χ0n) is 14.5. The second kappa shape index (κ2) is 5.96. The fraction of sp³-hybridized carbons (Fsp3) is 0.211. The monoisotopic (exact) mass is 369 g/mol. The van der Waals surface area contributed by atoms with E-state index in [2.05, 4.69) is 9.71 Å². The van der Waals surface area contributed by atoms with Crippen molar-refractivity contribution in [2.75, 3.05) is 24.7 Å². The Bertz CT molecular complexity index is 1180. The first-order valence-corrected chi connectivity index (χ1v) is 9.92. The number of sulfonamides is 1. The van der Waals surface area contributed by atoms with Gasteiger partial charge in [-0.15, -0.1) is 0 Å². The Morgan fingerprint density at radius 1 is 1.12 bits per heavy atom. The highest BCUT2D eigenvalue weighted by Gasteiger charge is 2.23. The van der Waals surface area contributed by atoms with Gasteiger partial charge in [-0.1, -0.05) is 24.3 Å². The summed E-state index contributed by atoms with van der Waals surface area (Å²) in [5, 5.41) is 1.61.